The first-order chi connectivity index (χ1) is 10.1. The van der Waals surface area contributed by atoms with Crippen LogP contribution in [0.25, 0.3) is 0 Å². The Labute approximate surface area is 124 Å². The van der Waals surface area contributed by atoms with Gasteiger partial charge in [-0.1, -0.05) is 0 Å². The predicted molar refractivity (Wildman–Crippen MR) is 79.5 cm³/mol. The van der Waals surface area contributed by atoms with Gasteiger partial charge in [0.25, 0.3) is 5.91 Å². The average Bonchev–Trinajstić information content (AvgIpc) is 3.02. The van der Waals surface area contributed by atoms with Crippen molar-refractivity contribution in [3.8, 4) is 5.75 Å². The number of rotatable bonds is 4. The van der Waals surface area contributed by atoms with Crippen LogP contribution in [0.5, 0.6) is 5.75 Å². The first-order valence-corrected chi connectivity index (χ1v) is 7.17. The molecular weight excluding hydrogens is 266 g/mol. The molecule has 1 aliphatic heterocycles. The van der Waals surface area contributed by atoms with E-state index in [4.69, 9.17) is 4.74 Å². The zero-order valence-electron chi connectivity index (χ0n) is 12.3. The fraction of sp³-hybridized carbons (Fsp3) is 0.375. The number of nitrogens with one attached hydrogen (secondary N) is 1. The van der Waals surface area contributed by atoms with E-state index in [1.807, 2.05) is 42.9 Å². The van der Waals surface area contributed by atoms with E-state index >= 15 is 0 Å². The molecule has 0 aliphatic carbocycles. The van der Waals surface area contributed by atoms with Crippen LogP contribution >= 0.6 is 0 Å². The topological polar surface area (TPSA) is 56.2 Å². The van der Waals surface area contributed by atoms with Gasteiger partial charge in [0.2, 0.25) is 0 Å². The Balaban J connectivity index is 1.59. The third-order valence-corrected chi connectivity index (χ3v) is 3.71. The van der Waals surface area contributed by atoms with Crippen molar-refractivity contribution in [1.29, 1.82) is 0 Å². The van der Waals surface area contributed by atoms with Gasteiger partial charge in [-0.2, -0.15) is 0 Å². The maximum Gasteiger partial charge on any atom is 0.251 e. The van der Waals surface area contributed by atoms with Crippen LogP contribution in [0, 0.1) is 0 Å². The zero-order valence-corrected chi connectivity index (χ0v) is 12.3. The Hall–Kier alpha value is -2.30. The van der Waals surface area contributed by atoms with Crippen LogP contribution in [0.4, 0.5) is 0 Å². The van der Waals surface area contributed by atoms with Gasteiger partial charge < -0.3 is 14.6 Å². The monoisotopic (exact) mass is 285 g/mol. The number of hydrogen-bond acceptors (Lipinski definition) is 3. The summed E-state index contributed by atoms with van der Waals surface area (Å²) in [5.74, 6) is 1.81. The molecule has 1 N–H and O–H groups in total. The molecule has 1 unspecified atom stereocenters. The summed E-state index contributed by atoms with van der Waals surface area (Å²) in [6, 6.07) is 5.62. The Kier molecular flexibility index (Phi) is 3.64. The van der Waals surface area contributed by atoms with Crippen molar-refractivity contribution in [2.24, 2.45) is 7.05 Å². The lowest BCUT2D eigenvalue weighted by atomic mass is 10.1. The van der Waals surface area contributed by atoms with Gasteiger partial charge in [0.1, 0.15) is 17.7 Å². The first-order valence-electron chi connectivity index (χ1n) is 7.17. The van der Waals surface area contributed by atoms with Crippen LogP contribution in [0.2, 0.25) is 0 Å². The molecule has 2 aromatic rings. The second-order valence-corrected chi connectivity index (χ2v) is 5.42. The highest BCUT2D eigenvalue weighted by Gasteiger charge is 2.20. The Morgan fingerprint density at radius 2 is 2.38 bits per heavy atom. The maximum atomic E-state index is 12.2. The van der Waals surface area contributed by atoms with Crippen LogP contribution in [0.3, 0.4) is 0 Å². The maximum absolute atomic E-state index is 12.2. The molecule has 110 valence electrons. The molecule has 1 atom stereocenters. The van der Waals surface area contributed by atoms with Crippen LogP contribution in [-0.2, 0) is 19.9 Å². The fourth-order valence-corrected chi connectivity index (χ4v) is 2.59. The molecule has 0 bridgehead atoms. The van der Waals surface area contributed by atoms with E-state index in [9.17, 15) is 4.79 Å². The smallest absolute Gasteiger partial charge is 0.251 e. The number of hydrogen-bond donors (Lipinski definition) is 1. The number of aromatic nitrogens is 2. The highest BCUT2D eigenvalue weighted by atomic mass is 16.5. The van der Waals surface area contributed by atoms with Crippen molar-refractivity contribution in [1.82, 2.24) is 14.9 Å². The standard InChI is InChI=1S/C16H19N3O2/c1-11-9-13-10-12(3-4-14(13)21-11)16(20)18-6-5-15-17-7-8-19(15)2/h3-4,7-8,10-11H,5-6,9H2,1-2H3,(H,18,20). The minimum atomic E-state index is -0.0495. The largest absolute Gasteiger partial charge is 0.490 e. The summed E-state index contributed by atoms with van der Waals surface area (Å²) in [6.07, 6.45) is 5.45. The van der Waals surface area contributed by atoms with E-state index in [0.717, 1.165) is 30.0 Å². The van der Waals surface area contributed by atoms with Crippen LogP contribution in [0.15, 0.2) is 30.6 Å². The summed E-state index contributed by atoms with van der Waals surface area (Å²) in [6.45, 7) is 2.61. The number of imidazole rings is 1. The van der Waals surface area contributed by atoms with Crippen molar-refractivity contribution >= 4 is 5.91 Å². The van der Waals surface area contributed by atoms with Gasteiger partial charge in [-0.25, -0.2) is 4.98 Å². The average molecular weight is 285 g/mol. The minimum absolute atomic E-state index is 0.0495. The summed E-state index contributed by atoms with van der Waals surface area (Å²) in [4.78, 5) is 16.4. The molecular formula is C16H19N3O2. The summed E-state index contributed by atoms with van der Waals surface area (Å²) < 4.78 is 7.60. The Morgan fingerprint density at radius 1 is 1.52 bits per heavy atom. The van der Waals surface area contributed by atoms with Crippen molar-refractivity contribution < 1.29 is 9.53 Å². The number of carbonyl (C=O) groups excluding carboxylic acids is 1. The molecule has 0 saturated carbocycles. The highest BCUT2D eigenvalue weighted by molar-refractivity contribution is 5.94. The molecule has 0 saturated heterocycles. The van der Waals surface area contributed by atoms with Gasteiger partial charge >= 0.3 is 0 Å². The molecule has 1 aromatic carbocycles. The van der Waals surface area contributed by atoms with E-state index < -0.39 is 0 Å². The lowest BCUT2D eigenvalue weighted by molar-refractivity contribution is 0.0954. The molecule has 1 amide bonds. The Bertz CT molecular complexity index is 663. The van der Waals surface area contributed by atoms with Gasteiger partial charge in [-0.3, -0.25) is 4.79 Å². The molecule has 3 rings (SSSR count). The van der Waals surface area contributed by atoms with Gasteiger partial charge in [-0.15, -0.1) is 0 Å². The molecule has 5 heteroatoms. The predicted octanol–water partition coefficient (Wildman–Crippen LogP) is 1.72. The molecule has 0 fully saturated rings. The van der Waals surface area contributed by atoms with E-state index in [0.29, 0.717) is 12.1 Å². The normalized spacial score (nSPS) is 16.4. The van der Waals surface area contributed by atoms with E-state index in [1.165, 1.54) is 0 Å². The van der Waals surface area contributed by atoms with Crippen molar-refractivity contribution in [2.75, 3.05) is 6.54 Å². The zero-order chi connectivity index (χ0) is 14.8. The second-order valence-electron chi connectivity index (χ2n) is 5.42. The van der Waals surface area contributed by atoms with Crippen molar-refractivity contribution in [3.05, 3.63) is 47.5 Å². The number of aryl methyl sites for hydroxylation is 1. The quantitative estimate of drug-likeness (QED) is 0.930. The van der Waals surface area contributed by atoms with E-state index in [-0.39, 0.29) is 12.0 Å². The van der Waals surface area contributed by atoms with Crippen molar-refractivity contribution in [2.45, 2.75) is 25.9 Å². The third kappa shape index (κ3) is 2.91. The SMILES string of the molecule is CC1Cc2cc(C(=O)NCCc3nccn3C)ccc2O1. The fourth-order valence-electron chi connectivity index (χ4n) is 2.59. The van der Waals surface area contributed by atoms with Crippen molar-refractivity contribution in [3.63, 3.8) is 0 Å². The summed E-state index contributed by atoms with van der Waals surface area (Å²) in [5.41, 5.74) is 1.80. The lowest BCUT2D eigenvalue weighted by Gasteiger charge is -2.07. The lowest BCUT2D eigenvalue weighted by Crippen LogP contribution is -2.26. The number of benzene rings is 1. The summed E-state index contributed by atoms with van der Waals surface area (Å²) in [7, 11) is 1.95. The van der Waals surface area contributed by atoms with Gasteiger partial charge in [-0.05, 0) is 30.7 Å². The number of nitrogens with zero attached hydrogens (tertiary/aromatic N) is 2. The molecule has 2 heterocycles. The number of fused-ring (bicyclic) bond motifs is 1. The number of carbonyl (C=O) groups is 1. The first kappa shape index (κ1) is 13.7. The third-order valence-electron chi connectivity index (χ3n) is 3.71. The van der Waals surface area contributed by atoms with Crippen LogP contribution in [0.1, 0.15) is 28.7 Å². The Morgan fingerprint density at radius 3 is 3.14 bits per heavy atom. The molecule has 5 nitrogen and oxygen atoms in total. The van der Waals surface area contributed by atoms with E-state index in [1.54, 1.807) is 6.20 Å². The molecule has 1 aliphatic rings. The minimum Gasteiger partial charge on any atom is -0.490 e. The molecule has 0 radical (unpaired) electrons. The highest BCUT2D eigenvalue weighted by Crippen LogP contribution is 2.29. The van der Waals surface area contributed by atoms with Gasteiger partial charge in [0.05, 0.1) is 0 Å². The summed E-state index contributed by atoms with van der Waals surface area (Å²) in [5, 5.41) is 2.93. The molecule has 1 aromatic heterocycles. The molecule has 21 heavy (non-hydrogen) atoms. The van der Waals surface area contributed by atoms with E-state index in [2.05, 4.69) is 10.3 Å². The molecule has 0 spiro atoms. The van der Waals surface area contributed by atoms with Gasteiger partial charge in [0.15, 0.2) is 0 Å². The number of ether oxygens (including phenoxy) is 1. The van der Waals surface area contributed by atoms with Gasteiger partial charge in [0, 0.05) is 44.4 Å². The number of amides is 1. The van der Waals surface area contributed by atoms with Crippen LogP contribution in [-0.4, -0.2) is 28.1 Å². The second kappa shape index (κ2) is 5.60. The summed E-state index contributed by atoms with van der Waals surface area (Å²) >= 11 is 0. The van der Waals surface area contributed by atoms with Crippen LogP contribution < -0.4 is 10.1 Å².